The average Bonchev–Trinajstić information content (AvgIpc) is 1.65. The molecule has 0 heterocycles. The molecular formula is C4H9NO2. The number of aliphatic carboxylic acids is 1. The molecule has 0 saturated heterocycles. The molecule has 3 heteroatoms. The van der Waals surface area contributed by atoms with Crippen LogP contribution < -0.4 is 5.73 Å². The van der Waals surface area contributed by atoms with Crippen LogP contribution in [0.3, 0.4) is 0 Å². The van der Waals surface area contributed by atoms with Gasteiger partial charge in [0.25, 0.3) is 0 Å². The molecule has 0 saturated carbocycles. The van der Waals surface area contributed by atoms with E-state index in [1.165, 1.54) is 0 Å². The number of carboxylic acid groups (broad SMARTS) is 1. The zero-order valence-electron chi connectivity index (χ0n) is 4.22. The Hall–Kier alpha value is -0.570. The molecule has 0 spiro atoms. The molecule has 0 aliphatic carbocycles. The Morgan fingerprint density at radius 1 is 2.00 bits per heavy atom. The summed E-state index contributed by atoms with van der Waals surface area (Å²) < 4.78 is 0. The molecule has 0 aromatic rings. The van der Waals surface area contributed by atoms with Gasteiger partial charge in [-0.2, -0.15) is 0 Å². The molecule has 0 aromatic heterocycles. The minimum atomic E-state index is -0.928. The van der Waals surface area contributed by atoms with Crippen LogP contribution in [0.1, 0.15) is 13.3 Å². The van der Waals surface area contributed by atoms with Crippen molar-refractivity contribution in [3.8, 4) is 0 Å². The van der Waals surface area contributed by atoms with Crippen LogP contribution in [-0.4, -0.2) is 17.1 Å². The number of hydrogen-bond acceptors (Lipinski definition) is 2. The fourth-order valence-electron chi connectivity index (χ4n) is 0.175. The molecule has 0 bridgehead atoms. The number of nitrogens with two attached hydrogens (primary N) is 1. The standard InChI is InChI=1S/C4H9NO2/c1-2-3(5)4(6)7/h3H,2,5H2,1H3,(H,6,7)/i2+1,3+1. The van der Waals surface area contributed by atoms with Gasteiger partial charge in [0, 0.05) is 0 Å². The van der Waals surface area contributed by atoms with Gasteiger partial charge in [0.05, 0.1) is 0 Å². The Labute approximate surface area is 42.1 Å². The first-order valence-corrected chi connectivity index (χ1v) is 2.17. The zero-order chi connectivity index (χ0) is 5.86. The van der Waals surface area contributed by atoms with E-state index in [2.05, 4.69) is 0 Å². The summed E-state index contributed by atoms with van der Waals surface area (Å²) >= 11 is 0. The fraction of sp³-hybridized carbons (Fsp3) is 0.750. The number of hydrogen-bond donors (Lipinski definition) is 2. The van der Waals surface area contributed by atoms with Gasteiger partial charge in [0.1, 0.15) is 6.04 Å². The molecule has 0 rings (SSSR count). The van der Waals surface area contributed by atoms with Crippen LogP contribution in [-0.2, 0) is 4.79 Å². The maximum Gasteiger partial charge on any atom is 0.320 e. The van der Waals surface area contributed by atoms with Gasteiger partial charge < -0.3 is 10.8 Å². The van der Waals surface area contributed by atoms with Gasteiger partial charge in [-0.05, 0) is 6.42 Å². The van der Waals surface area contributed by atoms with Gasteiger partial charge >= 0.3 is 5.97 Å². The van der Waals surface area contributed by atoms with Crippen molar-refractivity contribution in [2.45, 2.75) is 19.4 Å². The van der Waals surface area contributed by atoms with Crippen LogP contribution in [0.5, 0.6) is 0 Å². The lowest BCUT2D eigenvalue weighted by Gasteiger charge is -1.97. The van der Waals surface area contributed by atoms with E-state index in [9.17, 15) is 4.79 Å². The Kier molecular flexibility index (Phi) is 2.37. The van der Waals surface area contributed by atoms with E-state index >= 15 is 0 Å². The van der Waals surface area contributed by atoms with Crippen LogP contribution in [0.4, 0.5) is 0 Å². The maximum atomic E-state index is 9.81. The van der Waals surface area contributed by atoms with Gasteiger partial charge in [-0.1, -0.05) is 6.92 Å². The van der Waals surface area contributed by atoms with E-state index in [0.29, 0.717) is 6.42 Å². The lowest BCUT2D eigenvalue weighted by molar-refractivity contribution is -0.138. The Balaban J connectivity index is 3.34. The van der Waals surface area contributed by atoms with E-state index in [1.807, 2.05) is 0 Å². The molecular weight excluding hydrogens is 96.0 g/mol. The second-order valence-corrected chi connectivity index (χ2v) is 1.35. The summed E-state index contributed by atoms with van der Waals surface area (Å²) in [6, 6.07) is -0.681. The van der Waals surface area contributed by atoms with Gasteiger partial charge in [0.15, 0.2) is 0 Å². The second kappa shape index (κ2) is 2.58. The van der Waals surface area contributed by atoms with Crippen LogP contribution in [0.15, 0.2) is 0 Å². The van der Waals surface area contributed by atoms with Crippen molar-refractivity contribution in [1.29, 1.82) is 0 Å². The van der Waals surface area contributed by atoms with Gasteiger partial charge in [0.2, 0.25) is 0 Å². The van der Waals surface area contributed by atoms with Crippen molar-refractivity contribution in [3.63, 3.8) is 0 Å². The van der Waals surface area contributed by atoms with Crippen molar-refractivity contribution in [1.82, 2.24) is 0 Å². The topological polar surface area (TPSA) is 63.3 Å². The summed E-state index contributed by atoms with van der Waals surface area (Å²) in [5.74, 6) is -0.928. The minimum Gasteiger partial charge on any atom is -0.480 e. The van der Waals surface area contributed by atoms with Gasteiger partial charge in [-0.25, -0.2) is 0 Å². The summed E-state index contributed by atoms with van der Waals surface area (Å²) in [4.78, 5) is 9.81. The van der Waals surface area contributed by atoms with Gasteiger partial charge in [-0.15, -0.1) is 0 Å². The van der Waals surface area contributed by atoms with Crippen LogP contribution in [0.25, 0.3) is 0 Å². The first kappa shape index (κ1) is 6.43. The predicted molar refractivity (Wildman–Crippen MR) is 25.9 cm³/mol. The Bertz CT molecular complexity index is 72.1. The molecule has 0 radical (unpaired) electrons. The molecule has 0 fully saturated rings. The highest BCUT2D eigenvalue weighted by molar-refractivity contribution is 5.72. The Morgan fingerprint density at radius 3 is 2.43 bits per heavy atom. The van der Waals surface area contributed by atoms with Crippen molar-refractivity contribution >= 4 is 5.97 Å². The second-order valence-electron chi connectivity index (χ2n) is 1.35. The van der Waals surface area contributed by atoms with Crippen LogP contribution in [0.2, 0.25) is 0 Å². The van der Waals surface area contributed by atoms with Crippen molar-refractivity contribution in [3.05, 3.63) is 0 Å². The molecule has 42 valence electrons. The number of rotatable bonds is 2. The van der Waals surface area contributed by atoms with Crippen molar-refractivity contribution < 1.29 is 9.90 Å². The first-order valence-electron chi connectivity index (χ1n) is 2.17. The maximum absolute atomic E-state index is 9.81. The van der Waals surface area contributed by atoms with Crippen LogP contribution in [0, 0.1) is 0 Å². The highest BCUT2D eigenvalue weighted by Gasteiger charge is 2.05. The molecule has 0 aliphatic heterocycles. The summed E-state index contributed by atoms with van der Waals surface area (Å²) in [6.07, 6.45) is 0.495. The lowest BCUT2D eigenvalue weighted by atomic mass is 10.8. The van der Waals surface area contributed by atoms with Crippen molar-refractivity contribution in [2.75, 3.05) is 0 Å². The highest BCUT2D eigenvalue weighted by Crippen LogP contribution is 1.82. The molecule has 1 unspecified atom stereocenters. The SMILES string of the molecule is C[13CH2][13CH](N)C(=O)O. The minimum absolute atomic E-state index is 0.495. The molecule has 0 aliphatic rings. The third-order valence-corrected chi connectivity index (χ3v) is 0.757. The molecule has 0 amide bonds. The zero-order valence-corrected chi connectivity index (χ0v) is 4.22. The Morgan fingerprint density at radius 2 is 2.43 bits per heavy atom. The summed E-state index contributed by atoms with van der Waals surface area (Å²) in [5, 5.41) is 8.06. The smallest absolute Gasteiger partial charge is 0.320 e. The third kappa shape index (κ3) is 2.17. The van der Waals surface area contributed by atoms with E-state index in [-0.39, 0.29) is 0 Å². The largest absolute Gasteiger partial charge is 0.480 e. The average molecular weight is 105 g/mol. The molecule has 3 N–H and O–H groups in total. The van der Waals surface area contributed by atoms with E-state index in [4.69, 9.17) is 10.8 Å². The predicted octanol–water partition coefficient (Wildman–Crippen LogP) is -0.192. The third-order valence-electron chi connectivity index (χ3n) is 0.757. The monoisotopic (exact) mass is 105 g/mol. The lowest BCUT2D eigenvalue weighted by Crippen LogP contribution is -2.28. The van der Waals surface area contributed by atoms with E-state index in [1.54, 1.807) is 6.92 Å². The summed E-state index contributed by atoms with van der Waals surface area (Å²) in [6.45, 7) is 1.73. The quantitative estimate of drug-likeness (QED) is 0.478. The highest BCUT2D eigenvalue weighted by atomic mass is 16.4. The number of carboxylic acids is 1. The molecule has 1 atom stereocenters. The molecule has 3 nitrogen and oxygen atoms in total. The summed E-state index contributed by atoms with van der Waals surface area (Å²) in [7, 11) is 0. The fourth-order valence-corrected chi connectivity index (χ4v) is 0.175. The van der Waals surface area contributed by atoms with Gasteiger partial charge in [-0.3, -0.25) is 4.79 Å². The van der Waals surface area contributed by atoms with E-state index in [0.717, 1.165) is 0 Å². The summed E-state index contributed by atoms with van der Waals surface area (Å²) in [5.41, 5.74) is 5.02. The molecule has 7 heavy (non-hydrogen) atoms. The van der Waals surface area contributed by atoms with Crippen molar-refractivity contribution in [2.24, 2.45) is 5.73 Å². The van der Waals surface area contributed by atoms with E-state index < -0.39 is 12.0 Å². The first-order chi connectivity index (χ1) is 3.18. The normalized spacial score (nSPS) is 13.4. The molecule has 0 aromatic carbocycles. The number of carbonyl (C=O) groups is 1. The van der Waals surface area contributed by atoms with Crippen LogP contribution >= 0.6 is 0 Å².